The summed E-state index contributed by atoms with van der Waals surface area (Å²) < 4.78 is 5.35. The van der Waals surface area contributed by atoms with Gasteiger partial charge in [0.15, 0.2) is 0 Å². The van der Waals surface area contributed by atoms with E-state index in [1.54, 1.807) is 16.8 Å². The molecule has 2 aromatic heterocycles. The summed E-state index contributed by atoms with van der Waals surface area (Å²) in [6, 6.07) is 0. The van der Waals surface area contributed by atoms with Crippen LogP contribution in [-0.4, -0.2) is 32.6 Å². The predicted octanol–water partition coefficient (Wildman–Crippen LogP) is 1.56. The van der Waals surface area contributed by atoms with Crippen LogP contribution in [0.25, 0.3) is 0 Å². The highest BCUT2D eigenvalue weighted by Gasteiger charge is 2.14. The fraction of sp³-hybridized carbons (Fsp3) is 0.273. The van der Waals surface area contributed by atoms with Crippen LogP contribution in [0.4, 0.5) is 0 Å². The molecular formula is C11H11N3O3S. The third-order valence-electron chi connectivity index (χ3n) is 2.28. The van der Waals surface area contributed by atoms with Crippen LogP contribution in [0.3, 0.4) is 0 Å². The predicted molar refractivity (Wildman–Crippen MR) is 65.0 cm³/mol. The number of thiazole rings is 1. The first kappa shape index (κ1) is 12.4. The third kappa shape index (κ3) is 2.80. The lowest BCUT2D eigenvalue weighted by atomic mass is 10.3. The number of carboxylic acids is 1. The van der Waals surface area contributed by atoms with Gasteiger partial charge >= 0.3 is 5.97 Å². The minimum atomic E-state index is -1.15. The van der Waals surface area contributed by atoms with Gasteiger partial charge in [-0.15, -0.1) is 11.3 Å². The third-order valence-corrected chi connectivity index (χ3v) is 3.27. The molecular weight excluding hydrogens is 254 g/mol. The summed E-state index contributed by atoms with van der Waals surface area (Å²) in [6.07, 6.45) is 3.40. The molecule has 0 saturated carbocycles. The Bertz CT molecular complexity index is 556. The molecule has 7 heteroatoms. The molecule has 2 rings (SSSR count). The van der Waals surface area contributed by atoms with E-state index < -0.39 is 5.97 Å². The van der Waals surface area contributed by atoms with E-state index in [1.165, 1.54) is 12.4 Å². The SMILES string of the molecule is Cc1ncsc1CCOc1nccnc1C(=O)O. The summed E-state index contributed by atoms with van der Waals surface area (Å²) >= 11 is 1.55. The highest BCUT2D eigenvalue weighted by molar-refractivity contribution is 7.09. The molecule has 1 N–H and O–H groups in total. The van der Waals surface area contributed by atoms with Gasteiger partial charge in [-0.1, -0.05) is 0 Å². The Balaban J connectivity index is 1.99. The van der Waals surface area contributed by atoms with Gasteiger partial charge in [0.1, 0.15) is 0 Å². The van der Waals surface area contributed by atoms with Crippen LogP contribution < -0.4 is 4.74 Å². The second kappa shape index (κ2) is 5.54. The summed E-state index contributed by atoms with van der Waals surface area (Å²) in [6.45, 7) is 2.28. The topological polar surface area (TPSA) is 85.2 Å². The molecule has 0 fully saturated rings. The molecule has 2 aromatic rings. The molecule has 18 heavy (non-hydrogen) atoms. The number of aromatic carboxylic acids is 1. The highest BCUT2D eigenvalue weighted by Crippen LogP contribution is 2.15. The molecule has 0 unspecified atom stereocenters. The van der Waals surface area contributed by atoms with Crippen molar-refractivity contribution in [1.29, 1.82) is 0 Å². The lowest BCUT2D eigenvalue weighted by Gasteiger charge is -2.06. The van der Waals surface area contributed by atoms with E-state index in [4.69, 9.17) is 9.84 Å². The summed E-state index contributed by atoms with van der Waals surface area (Å²) in [4.78, 5) is 23.7. The van der Waals surface area contributed by atoms with Crippen LogP contribution in [0.2, 0.25) is 0 Å². The molecule has 0 aliphatic carbocycles. The fourth-order valence-electron chi connectivity index (χ4n) is 1.38. The Hall–Kier alpha value is -2.02. The normalized spacial score (nSPS) is 10.3. The largest absolute Gasteiger partial charge is 0.476 e. The number of ether oxygens (including phenoxy) is 1. The molecule has 94 valence electrons. The quantitative estimate of drug-likeness (QED) is 0.883. The number of carbonyl (C=O) groups is 1. The first-order valence-corrected chi connectivity index (χ1v) is 6.12. The van der Waals surface area contributed by atoms with Gasteiger partial charge in [-0.2, -0.15) is 0 Å². The van der Waals surface area contributed by atoms with E-state index in [0.29, 0.717) is 13.0 Å². The zero-order chi connectivity index (χ0) is 13.0. The smallest absolute Gasteiger partial charge is 0.360 e. The zero-order valence-electron chi connectivity index (χ0n) is 9.66. The van der Waals surface area contributed by atoms with E-state index in [-0.39, 0.29) is 11.6 Å². The van der Waals surface area contributed by atoms with Crippen molar-refractivity contribution >= 4 is 17.3 Å². The Morgan fingerprint density at radius 2 is 2.17 bits per heavy atom. The van der Waals surface area contributed by atoms with Gasteiger partial charge in [-0.05, 0) is 6.92 Å². The number of rotatable bonds is 5. The van der Waals surface area contributed by atoms with Gasteiger partial charge < -0.3 is 9.84 Å². The lowest BCUT2D eigenvalue weighted by molar-refractivity contribution is 0.0684. The maximum atomic E-state index is 10.9. The molecule has 0 aliphatic heterocycles. The molecule has 0 aliphatic rings. The van der Waals surface area contributed by atoms with Crippen LogP contribution in [0.5, 0.6) is 5.88 Å². The van der Waals surface area contributed by atoms with E-state index >= 15 is 0 Å². The fourth-order valence-corrected chi connectivity index (χ4v) is 2.15. The van der Waals surface area contributed by atoms with Crippen molar-refractivity contribution in [2.75, 3.05) is 6.61 Å². The molecule has 6 nitrogen and oxygen atoms in total. The summed E-state index contributed by atoms with van der Waals surface area (Å²) in [7, 11) is 0. The Morgan fingerprint density at radius 3 is 2.83 bits per heavy atom. The maximum Gasteiger partial charge on any atom is 0.360 e. The standard InChI is InChI=1S/C11H11N3O3S/c1-7-8(18-6-14-7)2-5-17-10-9(11(15)16)12-3-4-13-10/h3-4,6H,2,5H2,1H3,(H,15,16). The monoisotopic (exact) mass is 265 g/mol. The number of nitrogens with zero attached hydrogens (tertiary/aromatic N) is 3. The van der Waals surface area contributed by atoms with Gasteiger partial charge in [-0.25, -0.2) is 19.7 Å². The van der Waals surface area contributed by atoms with Crippen LogP contribution in [0.1, 0.15) is 21.1 Å². The molecule has 0 radical (unpaired) electrons. The second-order valence-electron chi connectivity index (χ2n) is 3.47. The van der Waals surface area contributed by atoms with Gasteiger partial charge in [0.2, 0.25) is 11.6 Å². The number of carboxylic acid groups (broad SMARTS) is 1. The van der Waals surface area contributed by atoms with Crippen LogP contribution in [0, 0.1) is 6.92 Å². The maximum absolute atomic E-state index is 10.9. The van der Waals surface area contributed by atoms with Crippen molar-refractivity contribution in [3.63, 3.8) is 0 Å². The van der Waals surface area contributed by atoms with E-state index in [9.17, 15) is 4.79 Å². The van der Waals surface area contributed by atoms with Gasteiger partial charge in [-0.3, -0.25) is 0 Å². The zero-order valence-corrected chi connectivity index (χ0v) is 10.5. The molecule has 0 aromatic carbocycles. The first-order valence-electron chi connectivity index (χ1n) is 5.24. The van der Waals surface area contributed by atoms with Crippen molar-refractivity contribution in [3.05, 3.63) is 34.2 Å². The van der Waals surface area contributed by atoms with Gasteiger partial charge in [0.25, 0.3) is 0 Å². The van der Waals surface area contributed by atoms with E-state index in [0.717, 1.165) is 10.6 Å². The molecule has 0 amide bonds. The van der Waals surface area contributed by atoms with Crippen molar-refractivity contribution in [1.82, 2.24) is 15.0 Å². The number of hydrogen-bond donors (Lipinski definition) is 1. The average Bonchev–Trinajstić information content (AvgIpc) is 2.76. The first-order chi connectivity index (χ1) is 8.68. The number of aryl methyl sites for hydroxylation is 1. The van der Waals surface area contributed by atoms with Crippen molar-refractivity contribution in [2.24, 2.45) is 0 Å². The van der Waals surface area contributed by atoms with Crippen LogP contribution in [0.15, 0.2) is 17.9 Å². The Morgan fingerprint density at radius 1 is 1.39 bits per heavy atom. The van der Waals surface area contributed by atoms with Crippen molar-refractivity contribution < 1.29 is 14.6 Å². The Kier molecular flexibility index (Phi) is 3.83. The molecule has 2 heterocycles. The highest BCUT2D eigenvalue weighted by atomic mass is 32.1. The number of aromatic nitrogens is 3. The number of hydrogen-bond acceptors (Lipinski definition) is 6. The van der Waals surface area contributed by atoms with E-state index in [1.807, 2.05) is 6.92 Å². The van der Waals surface area contributed by atoms with Crippen LogP contribution >= 0.6 is 11.3 Å². The van der Waals surface area contributed by atoms with Gasteiger partial charge in [0.05, 0.1) is 17.8 Å². The summed E-state index contributed by atoms with van der Waals surface area (Å²) in [5.74, 6) is -1.10. The van der Waals surface area contributed by atoms with E-state index in [2.05, 4.69) is 15.0 Å². The van der Waals surface area contributed by atoms with Gasteiger partial charge in [0, 0.05) is 23.7 Å². The summed E-state index contributed by atoms with van der Waals surface area (Å²) in [5.41, 5.74) is 2.58. The summed E-state index contributed by atoms with van der Waals surface area (Å²) in [5, 5.41) is 8.90. The lowest BCUT2D eigenvalue weighted by Crippen LogP contribution is -2.09. The van der Waals surface area contributed by atoms with Crippen molar-refractivity contribution in [2.45, 2.75) is 13.3 Å². The minimum Gasteiger partial charge on any atom is -0.476 e. The van der Waals surface area contributed by atoms with Crippen LogP contribution in [-0.2, 0) is 6.42 Å². The second-order valence-corrected chi connectivity index (χ2v) is 4.41. The minimum absolute atomic E-state index is 0.0483. The molecule has 0 saturated heterocycles. The average molecular weight is 265 g/mol. The molecule has 0 spiro atoms. The molecule has 0 atom stereocenters. The van der Waals surface area contributed by atoms with Crippen molar-refractivity contribution in [3.8, 4) is 5.88 Å². The molecule has 0 bridgehead atoms. The Labute approximate surface area is 107 Å².